The maximum Gasteiger partial charge on any atom is 0.166 e. The molecular weight excluding hydrogens is 318 g/mol. The number of halogens is 3. The van der Waals surface area contributed by atoms with Crippen molar-refractivity contribution >= 4 is 15.9 Å². The largest absolute Gasteiger partial charge is 0.454 e. The van der Waals surface area contributed by atoms with Crippen LogP contribution in [0.4, 0.5) is 8.78 Å². The van der Waals surface area contributed by atoms with Gasteiger partial charge < -0.3 is 9.84 Å². The predicted octanol–water partition coefficient (Wildman–Crippen LogP) is 4.57. The van der Waals surface area contributed by atoms with Gasteiger partial charge in [0.2, 0.25) is 0 Å². The average Bonchev–Trinajstić information content (AvgIpc) is 2.32. The lowest BCUT2D eigenvalue weighted by atomic mass is 10.1. The zero-order valence-electron chi connectivity index (χ0n) is 10.0. The Balaban J connectivity index is 2.41. The van der Waals surface area contributed by atoms with E-state index in [0.29, 0.717) is 4.47 Å². The molecule has 0 amide bonds. The molecule has 1 atom stereocenters. The van der Waals surface area contributed by atoms with Crippen molar-refractivity contribution in [3.05, 3.63) is 58.1 Å². The molecule has 5 heteroatoms. The van der Waals surface area contributed by atoms with Crippen LogP contribution >= 0.6 is 15.9 Å². The predicted molar refractivity (Wildman–Crippen MR) is 71.2 cm³/mol. The van der Waals surface area contributed by atoms with E-state index in [1.165, 1.54) is 37.3 Å². The van der Waals surface area contributed by atoms with E-state index in [4.69, 9.17) is 4.74 Å². The van der Waals surface area contributed by atoms with Gasteiger partial charge in [0.15, 0.2) is 11.6 Å². The van der Waals surface area contributed by atoms with Crippen LogP contribution < -0.4 is 4.74 Å². The van der Waals surface area contributed by atoms with Gasteiger partial charge in [0.05, 0.1) is 11.7 Å². The van der Waals surface area contributed by atoms with Gasteiger partial charge >= 0.3 is 0 Å². The van der Waals surface area contributed by atoms with Crippen LogP contribution in [-0.4, -0.2) is 5.11 Å². The Bertz CT molecular complexity index is 600. The highest BCUT2D eigenvalue weighted by Gasteiger charge is 2.16. The Labute approximate surface area is 117 Å². The number of hydrogen-bond acceptors (Lipinski definition) is 2. The summed E-state index contributed by atoms with van der Waals surface area (Å²) in [6, 6.07) is 8.42. The Hall–Kier alpha value is -1.46. The molecule has 0 aliphatic rings. The summed E-state index contributed by atoms with van der Waals surface area (Å²) < 4.78 is 33.2. The minimum absolute atomic E-state index is 0.00446. The third-order valence-corrected chi connectivity index (χ3v) is 3.04. The molecule has 0 heterocycles. The smallest absolute Gasteiger partial charge is 0.166 e. The standard InChI is InChI=1S/C14H11BrF2O2/c1-8(18)14-10(16)3-2-4-13(14)19-12-6-5-9(15)7-11(12)17/h2-8,18H,1H3/t8-/m1/s1. The summed E-state index contributed by atoms with van der Waals surface area (Å²) in [5, 5.41) is 9.56. The van der Waals surface area contributed by atoms with Crippen molar-refractivity contribution in [2.75, 3.05) is 0 Å². The fraction of sp³-hybridized carbons (Fsp3) is 0.143. The summed E-state index contributed by atoms with van der Waals surface area (Å²) >= 11 is 3.14. The minimum atomic E-state index is -1.05. The molecule has 0 spiro atoms. The number of ether oxygens (including phenoxy) is 1. The van der Waals surface area contributed by atoms with Gasteiger partial charge in [-0.2, -0.15) is 0 Å². The van der Waals surface area contributed by atoms with Crippen molar-refractivity contribution in [1.29, 1.82) is 0 Å². The highest BCUT2D eigenvalue weighted by molar-refractivity contribution is 9.10. The number of aliphatic hydroxyl groups is 1. The van der Waals surface area contributed by atoms with Gasteiger partial charge in [-0.15, -0.1) is 0 Å². The van der Waals surface area contributed by atoms with E-state index in [-0.39, 0.29) is 17.1 Å². The molecule has 0 saturated carbocycles. The lowest BCUT2D eigenvalue weighted by Gasteiger charge is -2.14. The number of hydrogen-bond donors (Lipinski definition) is 1. The number of benzene rings is 2. The highest BCUT2D eigenvalue weighted by atomic mass is 79.9. The van der Waals surface area contributed by atoms with Gasteiger partial charge in [-0.25, -0.2) is 8.78 Å². The molecule has 0 bridgehead atoms. The zero-order valence-corrected chi connectivity index (χ0v) is 11.6. The molecule has 2 rings (SSSR count). The topological polar surface area (TPSA) is 29.5 Å². The number of aliphatic hydroxyl groups excluding tert-OH is 1. The molecule has 0 fully saturated rings. The summed E-state index contributed by atoms with van der Waals surface area (Å²) in [5.41, 5.74) is 0.00446. The molecule has 2 nitrogen and oxygen atoms in total. The maximum absolute atomic E-state index is 13.7. The van der Waals surface area contributed by atoms with Crippen LogP contribution in [0.25, 0.3) is 0 Å². The first kappa shape index (κ1) is 14.0. The van der Waals surface area contributed by atoms with Crippen LogP contribution in [0.15, 0.2) is 40.9 Å². The fourth-order valence-corrected chi connectivity index (χ4v) is 2.02. The minimum Gasteiger partial charge on any atom is -0.454 e. The van der Waals surface area contributed by atoms with E-state index in [0.717, 1.165) is 0 Å². The second-order valence-corrected chi connectivity index (χ2v) is 4.92. The van der Waals surface area contributed by atoms with Crippen molar-refractivity contribution in [2.45, 2.75) is 13.0 Å². The molecule has 0 radical (unpaired) electrons. The molecule has 0 saturated heterocycles. The van der Waals surface area contributed by atoms with Gasteiger partial charge in [-0.05, 0) is 37.3 Å². The maximum atomic E-state index is 13.7. The van der Waals surface area contributed by atoms with Gasteiger partial charge in [0.25, 0.3) is 0 Å². The van der Waals surface area contributed by atoms with Gasteiger partial charge in [0, 0.05) is 4.47 Å². The third kappa shape index (κ3) is 3.11. The van der Waals surface area contributed by atoms with E-state index in [2.05, 4.69) is 15.9 Å². The van der Waals surface area contributed by atoms with Crippen molar-refractivity contribution in [3.8, 4) is 11.5 Å². The van der Waals surface area contributed by atoms with Crippen molar-refractivity contribution < 1.29 is 18.6 Å². The van der Waals surface area contributed by atoms with Crippen LogP contribution in [0.5, 0.6) is 11.5 Å². The summed E-state index contributed by atoms with van der Waals surface area (Å²) in [6.45, 7) is 1.42. The molecule has 2 aromatic rings. The molecule has 0 aromatic heterocycles. The molecule has 0 unspecified atom stereocenters. The second-order valence-electron chi connectivity index (χ2n) is 4.00. The summed E-state index contributed by atoms with van der Waals surface area (Å²) in [6.07, 6.45) is -1.05. The normalized spacial score (nSPS) is 12.3. The van der Waals surface area contributed by atoms with Crippen LogP contribution in [0.3, 0.4) is 0 Å². The van der Waals surface area contributed by atoms with E-state index in [1.807, 2.05) is 0 Å². The molecule has 19 heavy (non-hydrogen) atoms. The van der Waals surface area contributed by atoms with Crippen LogP contribution in [0.2, 0.25) is 0 Å². The molecule has 2 aromatic carbocycles. The third-order valence-electron chi connectivity index (χ3n) is 2.54. The molecular formula is C14H11BrF2O2. The van der Waals surface area contributed by atoms with Crippen LogP contribution in [0.1, 0.15) is 18.6 Å². The van der Waals surface area contributed by atoms with E-state index in [1.54, 1.807) is 6.07 Å². The first-order valence-corrected chi connectivity index (χ1v) is 6.37. The Kier molecular flexibility index (Phi) is 4.17. The van der Waals surface area contributed by atoms with Crippen molar-refractivity contribution in [3.63, 3.8) is 0 Å². The summed E-state index contributed by atoms with van der Waals surface area (Å²) in [5.74, 6) is -1.10. The highest BCUT2D eigenvalue weighted by Crippen LogP contribution is 2.33. The Morgan fingerprint density at radius 2 is 1.84 bits per heavy atom. The summed E-state index contributed by atoms with van der Waals surface area (Å²) in [4.78, 5) is 0. The SMILES string of the molecule is C[C@@H](O)c1c(F)cccc1Oc1ccc(Br)cc1F. The molecule has 0 aliphatic heterocycles. The monoisotopic (exact) mass is 328 g/mol. The van der Waals surface area contributed by atoms with Crippen molar-refractivity contribution in [1.82, 2.24) is 0 Å². The average molecular weight is 329 g/mol. The van der Waals surface area contributed by atoms with E-state index in [9.17, 15) is 13.9 Å². The fourth-order valence-electron chi connectivity index (χ4n) is 1.69. The first-order valence-electron chi connectivity index (χ1n) is 5.58. The van der Waals surface area contributed by atoms with E-state index < -0.39 is 17.7 Å². The van der Waals surface area contributed by atoms with Crippen LogP contribution in [0, 0.1) is 11.6 Å². The van der Waals surface area contributed by atoms with Gasteiger partial charge in [-0.1, -0.05) is 22.0 Å². The van der Waals surface area contributed by atoms with Crippen LogP contribution in [-0.2, 0) is 0 Å². The zero-order chi connectivity index (χ0) is 14.0. The second kappa shape index (κ2) is 5.67. The first-order chi connectivity index (χ1) is 8.99. The molecule has 0 aliphatic carbocycles. The van der Waals surface area contributed by atoms with Gasteiger partial charge in [0.1, 0.15) is 11.6 Å². The number of rotatable bonds is 3. The van der Waals surface area contributed by atoms with Crippen molar-refractivity contribution in [2.24, 2.45) is 0 Å². The quantitative estimate of drug-likeness (QED) is 0.894. The Morgan fingerprint density at radius 1 is 1.11 bits per heavy atom. The Morgan fingerprint density at radius 3 is 2.47 bits per heavy atom. The molecule has 100 valence electrons. The molecule has 1 N–H and O–H groups in total. The lowest BCUT2D eigenvalue weighted by Crippen LogP contribution is -2.00. The van der Waals surface area contributed by atoms with E-state index >= 15 is 0 Å². The summed E-state index contributed by atoms with van der Waals surface area (Å²) in [7, 11) is 0. The van der Waals surface area contributed by atoms with Gasteiger partial charge in [-0.3, -0.25) is 0 Å². The lowest BCUT2D eigenvalue weighted by molar-refractivity contribution is 0.190.